The van der Waals surface area contributed by atoms with Crippen molar-refractivity contribution < 1.29 is 14.3 Å². The minimum atomic E-state index is -1.13. The quantitative estimate of drug-likeness (QED) is 0.622. The van der Waals surface area contributed by atoms with Crippen molar-refractivity contribution in [2.45, 2.75) is 43.4 Å². The highest BCUT2D eigenvalue weighted by Crippen LogP contribution is 2.45. The van der Waals surface area contributed by atoms with Gasteiger partial charge in [0.25, 0.3) is 0 Å². The second kappa shape index (κ2) is 8.22. The van der Waals surface area contributed by atoms with Crippen LogP contribution in [0.5, 0.6) is 0 Å². The fourth-order valence-electron chi connectivity index (χ4n) is 3.88. The van der Waals surface area contributed by atoms with Gasteiger partial charge in [-0.05, 0) is 65.0 Å². The minimum absolute atomic E-state index is 0.296. The fraction of sp³-hybridized carbons (Fsp3) is 0.476. The molecular formula is C21H24BrFN2O2S. The molecule has 4 nitrogen and oxygen atoms in total. The smallest absolute Gasteiger partial charge is 0.335 e. The first-order chi connectivity index (χ1) is 13.4. The minimum Gasteiger partial charge on any atom is -0.478 e. The number of thiophene rings is 1. The molecule has 2 unspecified atom stereocenters. The predicted molar refractivity (Wildman–Crippen MR) is 113 cm³/mol. The van der Waals surface area contributed by atoms with Crippen LogP contribution < -0.4 is 5.32 Å². The largest absolute Gasteiger partial charge is 0.478 e. The Balaban J connectivity index is 1.21. The summed E-state index contributed by atoms with van der Waals surface area (Å²) in [6.07, 6.45) is 2.17. The van der Waals surface area contributed by atoms with Crippen LogP contribution in [0.25, 0.3) is 0 Å². The van der Waals surface area contributed by atoms with Crippen LogP contribution in [0.2, 0.25) is 0 Å². The number of rotatable bonds is 7. The van der Waals surface area contributed by atoms with Gasteiger partial charge in [-0.25, -0.2) is 9.18 Å². The number of likely N-dealkylation sites (tertiary alicyclic amines) is 1. The van der Waals surface area contributed by atoms with Crippen molar-refractivity contribution in [1.82, 2.24) is 10.2 Å². The van der Waals surface area contributed by atoms with Crippen LogP contribution in [0, 0.1) is 0 Å². The molecule has 0 amide bonds. The topological polar surface area (TPSA) is 52.6 Å². The van der Waals surface area contributed by atoms with E-state index in [0.29, 0.717) is 36.9 Å². The molecule has 2 N–H and O–H groups in total. The van der Waals surface area contributed by atoms with Gasteiger partial charge in [0.2, 0.25) is 0 Å². The molecule has 2 aromatic rings. The molecule has 0 spiro atoms. The third-order valence-electron chi connectivity index (χ3n) is 5.79. The molecule has 1 aliphatic carbocycles. The van der Waals surface area contributed by atoms with E-state index >= 15 is 4.39 Å². The maximum Gasteiger partial charge on any atom is 0.335 e. The van der Waals surface area contributed by atoms with Gasteiger partial charge in [0.05, 0.1) is 9.35 Å². The summed E-state index contributed by atoms with van der Waals surface area (Å²) in [5, 5.41) is 12.4. The van der Waals surface area contributed by atoms with Crippen molar-refractivity contribution in [3.05, 3.63) is 56.2 Å². The van der Waals surface area contributed by atoms with Crippen LogP contribution >= 0.6 is 27.3 Å². The Morgan fingerprint density at radius 2 is 1.96 bits per heavy atom. The Labute approximate surface area is 176 Å². The number of aromatic carboxylic acids is 1. The molecule has 28 heavy (non-hydrogen) atoms. The molecule has 2 aliphatic rings. The molecule has 0 radical (unpaired) electrons. The van der Waals surface area contributed by atoms with Crippen LogP contribution in [0.4, 0.5) is 4.39 Å². The van der Waals surface area contributed by atoms with Crippen LogP contribution in [0.15, 0.2) is 40.2 Å². The van der Waals surface area contributed by atoms with Crippen molar-refractivity contribution >= 4 is 33.2 Å². The number of halogens is 2. The lowest BCUT2D eigenvalue weighted by Crippen LogP contribution is -2.47. The Morgan fingerprint density at radius 3 is 2.57 bits per heavy atom. The number of benzene rings is 1. The number of alkyl halides is 1. The lowest BCUT2D eigenvalue weighted by Gasteiger charge is -2.36. The van der Waals surface area contributed by atoms with Gasteiger partial charge < -0.3 is 10.4 Å². The second-order valence-electron chi connectivity index (χ2n) is 7.90. The van der Waals surface area contributed by atoms with Gasteiger partial charge in [-0.15, -0.1) is 11.3 Å². The number of nitrogens with zero attached hydrogens (tertiary/aromatic N) is 1. The van der Waals surface area contributed by atoms with E-state index in [1.54, 1.807) is 23.5 Å². The van der Waals surface area contributed by atoms with E-state index in [9.17, 15) is 4.79 Å². The first kappa shape index (κ1) is 20.0. The molecule has 1 aromatic heterocycles. The van der Waals surface area contributed by atoms with Gasteiger partial charge in [0, 0.05) is 43.0 Å². The maximum absolute atomic E-state index is 15.2. The molecule has 1 aromatic carbocycles. The predicted octanol–water partition coefficient (Wildman–Crippen LogP) is 4.66. The van der Waals surface area contributed by atoms with Crippen molar-refractivity contribution in [2.75, 3.05) is 19.6 Å². The van der Waals surface area contributed by atoms with E-state index in [2.05, 4.69) is 38.3 Å². The van der Waals surface area contributed by atoms with Crippen molar-refractivity contribution in [2.24, 2.45) is 0 Å². The van der Waals surface area contributed by atoms with Crippen molar-refractivity contribution in [1.29, 1.82) is 0 Å². The summed E-state index contributed by atoms with van der Waals surface area (Å²) in [6.45, 7) is 2.62. The number of hydrogen-bond acceptors (Lipinski definition) is 4. The highest BCUT2D eigenvalue weighted by molar-refractivity contribution is 9.11. The van der Waals surface area contributed by atoms with Gasteiger partial charge in [-0.3, -0.25) is 4.90 Å². The van der Waals surface area contributed by atoms with E-state index in [4.69, 9.17) is 5.11 Å². The van der Waals surface area contributed by atoms with Gasteiger partial charge in [0.1, 0.15) is 5.67 Å². The zero-order valence-corrected chi connectivity index (χ0v) is 17.9. The van der Waals surface area contributed by atoms with E-state index in [-0.39, 0.29) is 0 Å². The Kier molecular flexibility index (Phi) is 5.88. The number of carbonyl (C=O) groups is 1. The maximum atomic E-state index is 15.2. The van der Waals surface area contributed by atoms with E-state index < -0.39 is 11.6 Å². The number of piperidine rings is 1. The second-order valence-corrected chi connectivity index (χ2v) is 10.4. The molecule has 150 valence electrons. The molecule has 4 rings (SSSR count). The summed E-state index contributed by atoms with van der Waals surface area (Å²) in [5.41, 5.74) is 0.231. The zero-order chi connectivity index (χ0) is 19.7. The summed E-state index contributed by atoms with van der Waals surface area (Å²) in [4.78, 5) is 14.6. The van der Waals surface area contributed by atoms with E-state index in [1.165, 1.54) is 4.88 Å². The molecule has 1 aliphatic heterocycles. The number of carboxylic acid groups (broad SMARTS) is 1. The average Bonchev–Trinajstić information content (AvgIpc) is 3.34. The van der Waals surface area contributed by atoms with Crippen LogP contribution in [-0.4, -0.2) is 47.3 Å². The third kappa shape index (κ3) is 4.82. The SMILES string of the molecule is O=C(O)c1ccc(CN2CCC(F)(CNC3CC3c3ccc(Br)s3)CC2)cc1. The summed E-state index contributed by atoms with van der Waals surface area (Å²) < 4.78 is 16.3. The molecular weight excluding hydrogens is 443 g/mol. The molecule has 1 saturated carbocycles. The molecule has 1 saturated heterocycles. The Morgan fingerprint density at radius 1 is 1.25 bits per heavy atom. The summed E-state index contributed by atoms with van der Waals surface area (Å²) in [5.74, 6) is -0.377. The molecule has 2 fully saturated rings. The monoisotopic (exact) mass is 466 g/mol. The van der Waals surface area contributed by atoms with E-state index in [1.807, 2.05) is 12.1 Å². The van der Waals surface area contributed by atoms with Crippen molar-refractivity contribution in [3.63, 3.8) is 0 Å². The first-order valence-corrected chi connectivity index (χ1v) is 11.2. The summed E-state index contributed by atoms with van der Waals surface area (Å²) in [6, 6.07) is 11.6. The van der Waals surface area contributed by atoms with Crippen LogP contribution in [0.3, 0.4) is 0 Å². The molecule has 7 heteroatoms. The highest BCUT2D eigenvalue weighted by atomic mass is 79.9. The highest BCUT2D eigenvalue weighted by Gasteiger charge is 2.42. The number of hydrogen-bond donors (Lipinski definition) is 2. The van der Waals surface area contributed by atoms with Gasteiger partial charge >= 0.3 is 5.97 Å². The summed E-state index contributed by atoms with van der Waals surface area (Å²) in [7, 11) is 0. The summed E-state index contributed by atoms with van der Waals surface area (Å²) >= 11 is 5.27. The Bertz CT molecular complexity index is 833. The lowest BCUT2D eigenvalue weighted by molar-refractivity contribution is 0.0543. The van der Waals surface area contributed by atoms with Gasteiger partial charge in [-0.1, -0.05) is 12.1 Å². The van der Waals surface area contributed by atoms with Gasteiger partial charge in [-0.2, -0.15) is 0 Å². The number of carboxylic acids is 1. The molecule has 0 bridgehead atoms. The molecule has 2 atom stereocenters. The van der Waals surface area contributed by atoms with Crippen molar-refractivity contribution in [3.8, 4) is 0 Å². The van der Waals surface area contributed by atoms with Crippen LogP contribution in [-0.2, 0) is 6.54 Å². The third-order valence-corrected chi connectivity index (χ3v) is 7.55. The molecule has 2 heterocycles. The van der Waals surface area contributed by atoms with Gasteiger partial charge in [0.15, 0.2) is 0 Å². The Hall–Kier alpha value is -1.28. The standard InChI is InChI=1S/C21H24BrFN2O2S/c22-19-6-5-18(28-19)16-11-17(16)24-13-21(23)7-9-25(10-8-21)12-14-1-3-15(4-2-14)20(26)27/h1-6,16-17,24H,7-13H2,(H,26,27). The lowest BCUT2D eigenvalue weighted by atomic mass is 9.93. The fourth-order valence-corrected chi connectivity index (χ4v) is 5.48. The van der Waals surface area contributed by atoms with Crippen LogP contribution in [0.1, 0.15) is 46.0 Å². The first-order valence-electron chi connectivity index (χ1n) is 9.64. The number of nitrogens with one attached hydrogen (secondary N) is 1. The zero-order valence-electron chi connectivity index (χ0n) is 15.5. The van der Waals surface area contributed by atoms with E-state index in [0.717, 1.165) is 35.4 Å². The average molecular weight is 467 g/mol. The normalized spacial score (nSPS) is 24.2.